The molecule has 0 aliphatic heterocycles. The predicted molar refractivity (Wildman–Crippen MR) is 81.8 cm³/mol. The van der Waals surface area contributed by atoms with Crippen LogP contribution in [-0.2, 0) is 6.42 Å². The highest BCUT2D eigenvalue weighted by Crippen LogP contribution is 2.24. The number of nitrogens with zero attached hydrogens (tertiary/aromatic N) is 1. The lowest BCUT2D eigenvalue weighted by Gasteiger charge is -2.07. The van der Waals surface area contributed by atoms with Gasteiger partial charge in [0.15, 0.2) is 0 Å². The van der Waals surface area contributed by atoms with Crippen molar-refractivity contribution in [3.05, 3.63) is 66.1 Å². The Morgan fingerprint density at radius 1 is 1.05 bits per heavy atom. The van der Waals surface area contributed by atoms with Gasteiger partial charge < -0.3 is 4.57 Å². The molecule has 3 aromatic rings. The first-order valence-corrected chi connectivity index (χ1v) is 7.14. The molecule has 0 saturated carbocycles. The molecule has 0 bridgehead atoms. The maximum atomic E-state index is 14.2. The second kappa shape index (κ2) is 5.49. The van der Waals surface area contributed by atoms with E-state index in [9.17, 15) is 4.39 Å². The molecule has 2 heteroatoms. The van der Waals surface area contributed by atoms with E-state index in [0.717, 1.165) is 41.4 Å². The lowest BCUT2D eigenvalue weighted by molar-refractivity contribution is 0.605. The number of unbranched alkanes of at least 4 members (excludes halogenated alkanes) is 1. The highest BCUT2D eigenvalue weighted by Gasteiger charge is 2.08. The van der Waals surface area contributed by atoms with Gasteiger partial charge in [0.1, 0.15) is 5.82 Å². The fourth-order valence-corrected chi connectivity index (χ4v) is 2.58. The minimum absolute atomic E-state index is 0.0955. The first-order valence-electron chi connectivity index (χ1n) is 7.14. The Hall–Kier alpha value is -2.09. The lowest BCUT2D eigenvalue weighted by atomic mass is 10.1. The maximum Gasteiger partial charge on any atom is 0.128 e. The Kier molecular flexibility index (Phi) is 3.55. The number of halogens is 1. The molecule has 0 saturated heterocycles. The van der Waals surface area contributed by atoms with E-state index in [1.165, 1.54) is 0 Å². The summed E-state index contributed by atoms with van der Waals surface area (Å²) in [5, 5.41) is 1.10. The van der Waals surface area contributed by atoms with Gasteiger partial charge in [0.25, 0.3) is 0 Å². The summed E-state index contributed by atoms with van der Waals surface area (Å²) < 4.78 is 16.2. The highest BCUT2D eigenvalue weighted by atomic mass is 19.1. The molecular weight excluding hydrogens is 249 g/mol. The topological polar surface area (TPSA) is 4.93 Å². The molecule has 0 atom stereocenters. The van der Waals surface area contributed by atoms with Crippen LogP contribution in [-0.4, -0.2) is 4.57 Å². The summed E-state index contributed by atoms with van der Waals surface area (Å²) in [7, 11) is 0. The molecule has 1 heterocycles. The molecule has 0 amide bonds. The summed E-state index contributed by atoms with van der Waals surface area (Å²) in [6.45, 7) is 2.13. The summed E-state index contributed by atoms with van der Waals surface area (Å²) in [4.78, 5) is 0. The monoisotopic (exact) mass is 267 g/mol. The summed E-state index contributed by atoms with van der Waals surface area (Å²) in [5.74, 6) is -0.0955. The van der Waals surface area contributed by atoms with Crippen LogP contribution in [0.15, 0.2) is 54.7 Å². The Balaban J connectivity index is 2.08. The van der Waals surface area contributed by atoms with Crippen molar-refractivity contribution < 1.29 is 4.39 Å². The standard InChI is InChI=1S/C18H18FN/c1-2-3-7-14-12-15-10-11-20(18(15)13-17(14)19)16-8-5-4-6-9-16/h4-6,8-13H,2-3,7H2,1H3. The number of benzene rings is 2. The van der Waals surface area contributed by atoms with E-state index < -0.39 is 0 Å². The summed E-state index contributed by atoms with van der Waals surface area (Å²) in [6, 6.07) is 15.7. The molecule has 102 valence electrons. The largest absolute Gasteiger partial charge is 0.316 e. The number of para-hydroxylation sites is 1. The molecule has 0 radical (unpaired) electrons. The van der Waals surface area contributed by atoms with Crippen LogP contribution in [0.3, 0.4) is 0 Å². The molecule has 20 heavy (non-hydrogen) atoms. The van der Waals surface area contributed by atoms with Gasteiger partial charge in [-0.2, -0.15) is 0 Å². The SMILES string of the molecule is CCCCc1cc2ccn(-c3ccccc3)c2cc1F. The molecule has 0 fully saturated rings. The van der Waals surface area contributed by atoms with Gasteiger partial charge in [-0.05, 0) is 48.7 Å². The number of fused-ring (bicyclic) bond motifs is 1. The normalized spacial score (nSPS) is 11.1. The van der Waals surface area contributed by atoms with Crippen molar-refractivity contribution in [2.75, 3.05) is 0 Å². The van der Waals surface area contributed by atoms with Gasteiger partial charge >= 0.3 is 0 Å². The first-order chi connectivity index (χ1) is 9.79. The molecule has 0 spiro atoms. The Labute approximate surface area is 118 Å². The van der Waals surface area contributed by atoms with Crippen molar-refractivity contribution in [3.63, 3.8) is 0 Å². The molecule has 0 aliphatic rings. The van der Waals surface area contributed by atoms with E-state index >= 15 is 0 Å². The van der Waals surface area contributed by atoms with E-state index in [1.54, 1.807) is 6.07 Å². The first kappa shape index (κ1) is 12.9. The van der Waals surface area contributed by atoms with Crippen molar-refractivity contribution in [2.45, 2.75) is 26.2 Å². The molecule has 3 rings (SSSR count). The van der Waals surface area contributed by atoms with Gasteiger partial charge in [-0.15, -0.1) is 0 Å². The fourth-order valence-electron chi connectivity index (χ4n) is 2.58. The molecule has 1 aromatic heterocycles. The van der Waals surface area contributed by atoms with Crippen molar-refractivity contribution in [1.29, 1.82) is 0 Å². The zero-order chi connectivity index (χ0) is 13.9. The van der Waals surface area contributed by atoms with E-state index in [-0.39, 0.29) is 5.82 Å². The van der Waals surface area contributed by atoms with Crippen LogP contribution in [0.2, 0.25) is 0 Å². The van der Waals surface area contributed by atoms with Crippen molar-refractivity contribution in [3.8, 4) is 5.69 Å². The van der Waals surface area contributed by atoms with Gasteiger partial charge in [0, 0.05) is 17.3 Å². The lowest BCUT2D eigenvalue weighted by Crippen LogP contribution is -1.94. The zero-order valence-electron chi connectivity index (χ0n) is 11.6. The van der Waals surface area contributed by atoms with Crippen LogP contribution < -0.4 is 0 Å². The molecule has 1 nitrogen and oxygen atoms in total. The molecule has 2 aromatic carbocycles. The van der Waals surface area contributed by atoms with Crippen LogP contribution in [0.1, 0.15) is 25.3 Å². The third kappa shape index (κ3) is 2.34. The summed E-state index contributed by atoms with van der Waals surface area (Å²) in [5.41, 5.74) is 2.81. The van der Waals surface area contributed by atoms with Gasteiger partial charge in [-0.3, -0.25) is 0 Å². The summed E-state index contributed by atoms with van der Waals surface area (Å²) in [6.07, 6.45) is 4.93. The number of rotatable bonds is 4. The van der Waals surface area contributed by atoms with E-state index in [4.69, 9.17) is 0 Å². The molecule has 0 unspecified atom stereocenters. The minimum atomic E-state index is -0.0955. The zero-order valence-corrected chi connectivity index (χ0v) is 11.6. The molecular formula is C18H18FN. The third-order valence-corrected chi connectivity index (χ3v) is 3.69. The highest BCUT2D eigenvalue weighted by molar-refractivity contribution is 5.82. The second-order valence-corrected chi connectivity index (χ2v) is 5.13. The van der Waals surface area contributed by atoms with E-state index in [0.29, 0.717) is 0 Å². The van der Waals surface area contributed by atoms with E-state index in [1.807, 2.05) is 47.2 Å². The van der Waals surface area contributed by atoms with Gasteiger partial charge in [0.05, 0.1) is 5.52 Å². The minimum Gasteiger partial charge on any atom is -0.316 e. The number of hydrogen-bond donors (Lipinski definition) is 0. The fraction of sp³-hybridized carbons (Fsp3) is 0.222. The number of aryl methyl sites for hydroxylation is 1. The second-order valence-electron chi connectivity index (χ2n) is 5.13. The smallest absolute Gasteiger partial charge is 0.128 e. The van der Waals surface area contributed by atoms with Crippen molar-refractivity contribution in [1.82, 2.24) is 4.57 Å². The van der Waals surface area contributed by atoms with E-state index in [2.05, 4.69) is 13.0 Å². The predicted octanol–water partition coefficient (Wildman–Crippen LogP) is 5.11. The van der Waals surface area contributed by atoms with Gasteiger partial charge in [0.2, 0.25) is 0 Å². The van der Waals surface area contributed by atoms with Gasteiger partial charge in [-0.25, -0.2) is 4.39 Å². The third-order valence-electron chi connectivity index (χ3n) is 3.69. The van der Waals surface area contributed by atoms with Crippen LogP contribution in [0.5, 0.6) is 0 Å². The van der Waals surface area contributed by atoms with Crippen molar-refractivity contribution in [2.24, 2.45) is 0 Å². The Bertz CT molecular complexity index is 713. The average molecular weight is 267 g/mol. The summed E-state index contributed by atoms with van der Waals surface area (Å²) >= 11 is 0. The maximum absolute atomic E-state index is 14.2. The molecule has 0 aliphatic carbocycles. The number of hydrogen-bond acceptors (Lipinski definition) is 0. The van der Waals surface area contributed by atoms with Gasteiger partial charge in [-0.1, -0.05) is 31.5 Å². The average Bonchev–Trinajstić information content (AvgIpc) is 2.88. The van der Waals surface area contributed by atoms with Crippen LogP contribution >= 0.6 is 0 Å². The van der Waals surface area contributed by atoms with Crippen LogP contribution in [0, 0.1) is 5.82 Å². The Morgan fingerprint density at radius 2 is 1.85 bits per heavy atom. The quantitative estimate of drug-likeness (QED) is 0.619. The van der Waals surface area contributed by atoms with Crippen LogP contribution in [0.25, 0.3) is 16.6 Å². The Morgan fingerprint density at radius 3 is 2.60 bits per heavy atom. The van der Waals surface area contributed by atoms with Crippen LogP contribution in [0.4, 0.5) is 4.39 Å². The molecule has 0 N–H and O–H groups in total. The van der Waals surface area contributed by atoms with Crippen molar-refractivity contribution >= 4 is 10.9 Å². The number of aromatic nitrogens is 1.